The normalized spacial score (nSPS) is 18.5. The van der Waals surface area contributed by atoms with Gasteiger partial charge in [-0.2, -0.15) is 0 Å². The topological polar surface area (TPSA) is 97.2 Å². The van der Waals surface area contributed by atoms with Crippen LogP contribution in [-0.4, -0.2) is 57.9 Å². The van der Waals surface area contributed by atoms with Gasteiger partial charge in [-0.05, 0) is 57.9 Å². The number of aryl methyl sites for hydroxylation is 1. The van der Waals surface area contributed by atoms with Gasteiger partial charge in [0.2, 0.25) is 0 Å². The van der Waals surface area contributed by atoms with Crippen molar-refractivity contribution in [2.75, 3.05) is 36.5 Å². The summed E-state index contributed by atoms with van der Waals surface area (Å²) in [6.45, 7) is 9.72. The summed E-state index contributed by atoms with van der Waals surface area (Å²) in [6, 6.07) is 7.65. The Hall–Kier alpha value is -3.20. The molecule has 2 fully saturated rings. The molecule has 1 saturated carbocycles. The van der Waals surface area contributed by atoms with Gasteiger partial charge in [0.1, 0.15) is 5.82 Å². The summed E-state index contributed by atoms with van der Waals surface area (Å²) in [5.74, 6) is 3.20. The molecule has 9 heteroatoms. The lowest BCUT2D eigenvalue weighted by Gasteiger charge is -2.34. The molecule has 1 atom stereocenters. The van der Waals surface area contributed by atoms with E-state index in [1.54, 1.807) is 0 Å². The van der Waals surface area contributed by atoms with Crippen molar-refractivity contribution in [3.8, 4) is 11.4 Å². The van der Waals surface area contributed by atoms with Crippen molar-refractivity contribution in [2.24, 2.45) is 0 Å². The second-order valence-electron chi connectivity index (χ2n) is 8.71. The number of benzene rings is 1. The Morgan fingerprint density at radius 2 is 1.94 bits per heavy atom. The number of hydrogen-bond acceptors (Lipinski definition) is 6. The van der Waals surface area contributed by atoms with E-state index in [1.165, 1.54) is 12.8 Å². The summed E-state index contributed by atoms with van der Waals surface area (Å²) < 4.78 is 7.92. The summed E-state index contributed by atoms with van der Waals surface area (Å²) in [6.07, 6.45) is 2.37. The van der Waals surface area contributed by atoms with Crippen molar-refractivity contribution >= 4 is 28.7 Å². The Kier molecular flexibility index (Phi) is 5.88. The van der Waals surface area contributed by atoms with Gasteiger partial charge in [-0.25, -0.2) is 19.7 Å². The molecule has 0 radical (unpaired) electrons. The molecule has 1 saturated heterocycles. The highest BCUT2D eigenvalue weighted by Crippen LogP contribution is 2.42. The number of rotatable bonds is 6. The Balaban J connectivity index is 1.58. The Morgan fingerprint density at radius 3 is 2.61 bits per heavy atom. The molecule has 1 aliphatic carbocycles. The SMILES string of the molecule is CCNC(=O)Nc1ccc(-c2nc(N3CCOC[C@@H]3C)c3nc(C4CC4)n(CC)c3n2)cc1. The van der Waals surface area contributed by atoms with Crippen LogP contribution < -0.4 is 15.5 Å². The number of carbonyl (C=O) groups is 1. The van der Waals surface area contributed by atoms with Gasteiger partial charge in [-0.15, -0.1) is 0 Å². The molecular weight excluding hydrogens is 418 g/mol. The lowest BCUT2D eigenvalue weighted by Crippen LogP contribution is -2.44. The molecule has 174 valence electrons. The average Bonchev–Trinajstić information content (AvgIpc) is 3.60. The maximum Gasteiger partial charge on any atom is 0.319 e. The van der Waals surface area contributed by atoms with Crippen LogP contribution in [0.25, 0.3) is 22.6 Å². The monoisotopic (exact) mass is 449 g/mol. The predicted octanol–water partition coefficient (Wildman–Crippen LogP) is 3.76. The highest BCUT2D eigenvalue weighted by atomic mass is 16.5. The van der Waals surface area contributed by atoms with Crippen LogP contribution in [0.2, 0.25) is 0 Å². The zero-order valence-corrected chi connectivity index (χ0v) is 19.5. The highest BCUT2D eigenvalue weighted by molar-refractivity contribution is 5.90. The molecule has 0 spiro atoms. The van der Waals surface area contributed by atoms with Gasteiger partial charge in [0.15, 0.2) is 22.8 Å². The first-order chi connectivity index (χ1) is 16.1. The molecule has 2 N–H and O–H groups in total. The molecule has 0 unspecified atom stereocenters. The van der Waals surface area contributed by atoms with Crippen molar-refractivity contribution in [3.05, 3.63) is 30.1 Å². The molecule has 1 aliphatic heterocycles. The Bertz CT molecular complexity index is 1150. The van der Waals surface area contributed by atoms with Crippen molar-refractivity contribution in [2.45, 2.75) is 52.1 Å². The molecule has 5 rings (SSSR count). The van der Waals surface area contributed by atoms with E-state index in [0.717, 1.165) is 47.1 Å². The lowest BCUT2D eigenvalue weighted by molar-refractivity contribution is 0.0987. The molecule has 3 heterocycles. The van der Waals surface area contributed by atoms with Gasteiger partial charge in [-0.3, -0.25) is 0 Å². The molecule has 33 heavy (non-hydrogen) atoms. The fourth-order valence-electron chi connectivity index (χ4n) is 4.38. The van der Waals surface area contributed by atoms with E-state index in [2.05, 4.69) is 33.9 Å². The van der Waals surface area contributed by atoms with Crippen LogP contribution in [0.5, 0.6) is 0 Å². The second-order valence-corrected chi connectivity index (χ2v) is 8.71. The van der Waals surface area contributed by atoms with Crippen molar-refractivity contribution < 1.29 is 9.53 Å². The third-order valence-electron chi connectivity index (χ3n) is 6.24. The van der Waals surface area contributed by atoms with Crippen LogP contribution in [-0.2, 0) is 11.3 Å². The molecule has 9 nitrogen and oxygen atoms in total. The Morgan fingerprint density at radius 1 is 1.15 bits per heavy atom. The minimum Gasteiger partial charge on any atom is -0.377 e. The standard InChI is InChI=1S/C24H31N7O2/c1-4-25-24(32)26-18-10-8-16(9-11-18)20-28-22-19(27-21(17-6-7-17)30(22)5-2)23(29-20)31-12-13-33-14-15(31)3/h8-11,15,17H,4-7,12-14H2,1-3H3,(H2,25,26,32)/t15-/m0/s1. The average molecular weight is 450 g/mol. The molecule has 2 aliphatic rings. The minimum atomic E-state index is -0.217. The summed E-state index contributed by atoms with van der Waals surface area (Å²) in [4.78, 5) is 29.2. The second kappa shape index (κ2) is 8.97. The zero-order valence-electron chi connectivity index (χ0n) is 19.5. The van der Waals surface area contributed by atoms with Crippen molar-refractivity contribution in [1.29, 1.82) is 0 Å². The maximum absolute atomic E-state index is 11.8. The maximum atomic E-state index is 11.8. The fourth-order valence-corrected chi connectivity index (χ4v) is 4.38. The van der Waals surface area contributed by atoms with Crippen LogP contribution in [0.4, 0.5) is 16.3 Å². The van der Waals surface area contributed by atoms with E-state index in [9.17, 15) is 4.79 Å². The van der Waals surface area contributed by atoms with E-state index < -0.39 is 0 Å². The van der Waals surface area contributed by atoms with E-state index in [1.807, 2.05) is 31.2 Å². The van der Waals surface area contributed by atoms with Crippen LogP contribution in [0.15, 0.2) is 24.3 Å². The van der Waals surface area contributed by atoms with E-state index >= 15 is 0 Å². The number of ether oxygens (including phenoxy) is 1. The van der Waals surface area contributed by atoms with Gasteiger partial charge < -0.3 is 24.8 Å². The van der Waals surface area contributed by atoms with Crippen LogP contribution in [0, 0.1) is 0 Å². The highest BCUT2D eigenvalue weighted by Gasteiger charge is 2.32. The van der Waals surface area contributed by atoms with E-state index in [4.69, 9.17) is 19.7 Å². The van der Waals surface area contributed by atoms with Gasteiger partial charge in [0, 0.05) is 36.8 Å². The number of carbonyl (C=O) groups excluding carboxylic acids is 1. The molecule has 2 aromatic heterocycles. The van der Waals surface area contributed by atoms with Crippen molar-refractivity contribution in [3.63, 3.8) is 0 Å². The number of hydrogen-bond donors (Lipinski definition) is 2. The van der Waals surface area contributed by atoms with Crippen LogP contribution in [0.3, 0.4) is 0 Å². The van der Waals surface area contributed by atoms with Gasteiger partial charge in [0.05, 0.1) is 19.3 Å². The number of nitrogens with one attached hydrogen (secondary N) is 2. The van der Waals surface area contributed by atoms with Crippen LogP contribution in [0.1, 0.15) is 45.4 Å². The molecule has 1 aromatic carbocycles. The third-order valence-corrected chi connectivity index (χ3v) is 6.24. The zero-order chi connectivity index (χ0) is 22.9. The molecule has 0 bridgehead atoms. The van der Waals surface area contributed by atoms with Crippen molar-refractivity contribution in [1.82, 2.24) is 24.8 Å². The first kappa shape index (κ1) is 21.6. The summed E-state index contributed by atoms with van der Waals surface area (Å²) in [5, 5.41) is 5.57. The van der Waals surface area contributed by atoms with Gasteiger partial charge >= 0.3 is 6.03 Å². The van der Waals surface area contributed by atoms with E-state index in [-0.39, 0.29) is 12.1 Å². The summed E-state index contributed by atoms with van der Waals surface area (Å²) >= 11 is 0. The number of anilines is 2. The minimum absolute atomic E-state index is 0.213. The Labute approximate surface area is 193 Å². The first-order valence-corrected chi connectivity index (χ1v) is 11.9. The third kappa shape index (κ3) is 4.25. The number of imidazole rings is 1. The molecule has 2 amide bonds. The first-order valence-electron chi connectivity index (χ1n) is 11.9. The summed E-state index contributed by atoms with van der Waals surface area (Å²) in [5.41, 5.74) is 3.40. The van der Waals surface area contributed by atoms with Gasteiger partial charge in [0.25, 0.3) is 0 Å². The van der Waals surface area contributed by atoms with Crippen LogP contribution >= 0.6 is 0 Å². The fraction of sp³-hybridized carbons (Fsp3) is 0.500. The smallest absolute Gasteiger partial charge is 0.319 e. The number of aromatic nitrogens is 4. The molecular formula is C24H31N7O2. The number of urea groups is 1. The largest absolute Gasteiger partial charge is 0.377 e. The quantitative estimate of drug-likeness (QED) is 0.595. The summed E-state index contributed by atoms with van der Waals surface area (Å²) in [7, 11) is 0. The molecule has 3 aromatic rings. The van der Waals surface area contributed by atoms with E-state index in [0.29, 0.717) is 31.5 Å². The number of morpholine rings is 1. The number of nitrogens with zero attached hydrogens (tertiary/aromatic N) is 5. The number of fused-ring (bicyclic) bond motifs is 1. The van der Waals surface area contributed by atoms with Gasteiger partial charge in [-0.1, -0.05) is 0 Å². The lowest BCUT2D eigenvalue weighted by atomic mass is 10.2. The predicted molar refractivity (Wildman–Crippen MR) is 129 cm³/mol. The number of amides is 2.